The summed E-state index contributed by atoms with van der Waals surface area (Å²) in [6.45, 7) is 9.32. The van der Waals surface area contributed by atoms with Gasteiger partial charge in [-0.25, -0.2) is 4.39 Å². The summed E-state index contributed by atoms with van der Waals surface area (Å²) in [5.74, 6) is -0.203. The lowest BCUT2D eigenvalue weighted by molar-refractivity contribution is 0.491. The standard InChI is InChI=1S/C48H41F/c1-5-47(6-2)41-25-13-11-17-31(41)36-21-15-23-38(45(36)47)43-33-19-9-10-20-34(33)44(40-29-30(49)27-28-35(40)43)39-24-16-22-37-32-18-12-14-26-42(32)48(7-3,8-4)46(37)39/h9-29H,5-8H2,1-4H3. The molecule has 0 fully saturated rings. The number of benzene rings is 7. The van der Waals surface area contributed by atoms with Crippen LogP contribution in [-0.2, 0) is 10.8 Å². The second-order valence-corrected chi connectivity index (χ2v) is 14.1. The molecule has 0 saturated heterocycles. The van der Waals surface area contributed by atoms with E-state index < -0.39 is 0 Å². The topological polar surface area (TPSA) is 0 Å². The third-order valence-electron chi connectivity index (χ3n) is 12.5. The van der Waals surface area contributed by atoms with Crippen LogP contribution in [0.15, 0.2) is 127 Å². The first kappa shape index (κ1) is 30.1. The van der Waals surface area contributed by atoms with Crippen LogP contribution in [0, 0.1) is 5.82 Å². The quantitative estimate of drug-likeness (QED) is 0.159. The Morgan fingerprint density at radius 2 is 0.776 bits per heavy atom. The van der Waals surface area contributed by atoms with Gasteiger partial charge in [-0.15, -0.1) is 0 Å². The first-order chi connectivity index (χ1) is 24.0. The zero-order valence-corrected chi connectivity index (χ0v) is 28.8. The summed E-state index contributed by atoms with van der Waals surface area (Å²) in [5.41, 5.74) is 15.6. The van der Waals surface area contributed by atoms with E-state index in [0.29, 0.717) is 0 Å². The molecule has 7 aromatic carbocycles. The summed E-state index contributed by atoms with van der Waals surface area (Å²) < 4.78 is 15.7. The molecule has 240 valence electrons. The van der Waals surface area contributed by atoms with Crippen LogP contribution in [0.1, 0.15) is 75.6 Å². The number of fused-ring (bicyclic) bond motifs is 8. The van der Waals surface area contributed by atoms with Crippen molar-refractivity contribution >= 4 is 21.5 Å². The van der Waals surface area contributed by atoms with E-state index in [1.54, 1.807) is 12.1 Å². The molecule has 0 aromatic heterocycles. The molecule has 0 atom stereocenters. The number of hydrogen-bond acceptors (Lipinski definition) is 0. The van der Waals surface area contributed by atoms with Crippen molar-refractivity contribution in [3.8, 4) is 44.5 Å². The highest BCUT2D eigenvalue weighted by molar-refractivity contribution is 6.22. The fourth-order valence-electron chi connectivity index (χ4n) is 10.2. The average molecular weight is 637 g/mol. The zero-order valence-electron chi connectivity index (χ0n) is 28.8. The fraction of sp³-hybridized carbons (Fsp3) is 0.208. The van der Waals surface area contributed by atoms with Gasteiger partial charge in [0.2, 0.25) is 0 Å². The molecule has 0 nitrogen and oxygen atoms in total. The maximum atomic E-state index is 15.7. The van der Waals surface area contributed by atoms with Gasteiger partial charge < -0.3 is 0 Å². The zero-order chi connectivity index (χ0) is 33.5. The van der Waals surface area contributed by atoms with Crippen LogP contribution in [0.2, 0.25) is 0 Å². The highest BCUT2D eigenvalue weighted by Gasteiger charge is 2.44. The van der Waals surface area contributed by atoms with E-state index >= 15 is 4.39 Å². The molecule has 2 aliphatic carbocycles. The maximum Gasteiger partial charge on any atom is 0.123 e. The molecule has 2 aliphatic rings. The molecular formula is C48H41F. The van der Waals surface area contributed by atoms with Crippen LogP contribution in [0.4, 0.5) is 4.39 Å². The van der Waals surface area contributed by atoms with Gasteiger partial charge in [-0.3, -0.25) is 0 Å². The van der Waals surface area contributed by atoms with Gasteiger partial charge >= 0.3 is 0 Å². The number of rotatable bonds is 6. The van der Waals surface area contributed by atoms with Crippen molar-refractivity contribution in [3.05, 3.63) is 155 Å². The van der Waals surface area contributed by atoms with Gasteiger partial charge in [-0.1, -0.05) is 143 Å². The Bertz CT molecular complexity index is 2450. The predicted octanol–water partition coefficient (Wildman–Crippen LogP) is 13.6. The molecule has 0 radical (unpaired) electrons. The van der Waals surface area contributed by atoms with Gasteiger partial charge in [-0.05, 0) is 126 Å². The highest BCUT2D eigenvalue weighted by Crippen LogP contribution is 2.59. The van der Waals surface area contributed by atoms with Crippen molar-refractivity contribution in [3.63, 3.8) is 0 Å². The summed E-state index contributed by atoms with van der Waals surface area (Å²) in [7, 11) is 0. The Labute approximate surface area is 289 Å². The molecule has 0 saturated carbocycles. The molecule has 0 bridgehead atoms. The molecule has 7 aromatic rings. The Balaban J connectivity index is 1.43. The van der Waals surface area contributed by atoms with E-state index in [0.717, 1.165) is 42.0 Å². The Morgan fingerprint density at radius 1 is 0.388 bits per heavy atom. The summed E-state index contributed by atoms with van der Waals surface area (Å²) in [6.07, 6.45) is 4.03. The third-order valence-corrected chi connectivity index (χ3v) is 12.5. The lowest BCUT2D eigenvalue weighted by Gasteiger charge is -2.33. The predicted molar refractivity (Wildman–Crippen MR) is 206 cm³/mol. The largest absolute Gasteiger partial charge is 0.207 e. The average Bonchev–Trinajstić information content (AvgIpc) is 3.62. The normalized spacial score (nSPS) is 14.9. The van der Waals surface area contributed by atoms with Gasteiger partial charge in [0, 0.05) is 10.8 Å². The Kier molecular flexibility index (Phi) is 6.76. The second-order valence-electron chi connectivity index (χ2n) is 14.1. The van der Waals surface area contributed by atoms with E-state index in [9.17, 15) is 0 Å². The monoisotopic (exact) mass is 636 g/mol. The van der Waals surface area contributed by atoms with Gasteiger partial charge in [0.25, 0.3) is 0 Å². The summed E-state index contributed by atoms with van der Waals surface area (Å²) >= 11 is 0. The fourth-order valence-corrected chi connectivity index (χ4v) is 10.2. The lowest BCUT2D eigenvalue weighted by atomic mass is 9.70. The van der Waals surface area contributed by atoms with E-state index in [2.05, 4.69) is 137 Å². The number of halogens is 1. The molecule has 1 heteroatoms. The molecule has 0 aliphatic heterocycles. The van der Waals surface area contributed by atoms with Crippen molar-refractivity contribution < 1.29 is 4.39 Å². The second kappa shape index (κ2) is 11.0. The third kappa shape index (κ3) is 3.85. The first-order valence-corrected chi connectivity index (χ1v) is 18.1. The Morgan fingerprint density at radius 3 is 1.27 bits per heavy atom. The van der Waals surface area contributed by atoms with Crippen molar-refractivity contribution in [1.82, 2.24) is 0 Å². The van der Waals surface area contributed by atoms with Crippen molar-refractivity contribution in [2.75, 3.05) is 0 Å². The van der Waals surface area contributed by atoms with Gasteiger partial charge in [0.15, 0.2) is 0 Å². The van der Waals surface area contributed by atoms with Crippen LogP contribution in [-0.4, -0.2) is 0 Å². The molecule has 9 rings (SSSR count). The van der Waals surface area contributed by atoms with Gasteiger partial charge in [-0.2, -0.15) is 0 Å². The molecule has 49 heavy (non-hydrogen) atoms. The molecule has 0 heterocycles. The van der Waals surface area contributed by atoms with E-state index in [1.807, 2.05) is 6.07 Å². The van der Waals surface area contributed by atoms with E-state index in [1.165, 1.54) is 72.0 Å². The highest BCUT2D eigenvalue weighted by atomic mass is 19.1. The van der Waals surface area contributed by atoms with Crippen LogP contribution in [0.25, 0.3) is 66.1 Å². The summed E-state index contributed by atoms with van der Waals surface area (Å²) in [4.78, 5) is 0. The SMILES string of the molecule is CCC1(CC)c2ccccc2-c2cccc(-c3c4ccccc4c(-c4cccc5c4C(CC)(CC)c4ccccc4-5)c4cc(F)ccc34)c21. The smallest absolute Gasteiger partial charge is 0.123 e. The molecular weight excluding hydrogens is 596 g/mol. The molecule has 0 spiro atoms. The summed E-state index contributed by atoms with van der Waals surface area (Å²) in [5, 5.41) is 4.47. The van der Waals surface area contributed by atoms with Crippen molar-refractivity contribution in [2.45, 2.75) is 64.2 Å². The van der Waals surface area contributed by atoms with Crippen molar-refractivity contribution in [1.29, 1.82) is 0 Å². The minimum absolute atomic E-state index is 0.0947. The van der Waals surface area contributed by atoms with Crippen LogP contribution in [0.5, 0.6) is 0 Å². The van der Waals surface area contributed by atoms with E-state index in [4.69, 9.17) is 0 Å². The van der Waals surface area contributed by atoms with Crippen LogP contribution in [0.3, 0.4) is 0 Å². The van der Waals surface area contributed by atoms with Crippen LogP contribution < -0.4 is 0 Å². The maximum absolute atomic E-state index is 15.7. The lowest BCUT2D eigenvalue weighted by Crippen LogP contribution is -2.24. The van der Waals surface area contributed by atoms with Gasteiger partial charge in [0.1, 0.15) is 5.82 Å². The minimum atomic E-state index is -0.203. The molecule has 0 amide bonds. The van der Waals surface area contributed by atoms with E-state index in [-0.39, 0.29) is 16.6 Å². The molecule has 0 unspecified atom stereocenters. The summed E-state index contributed by atoms with van der Waals surface area (Å²) in [6, 6.07) is 46.0. The van der Waals surface area contributed by atoms with Gasteiger partial charge in [0.05, 0.1) is 0 Å². The van der Waals surface area contributed by atoms with Crippen molar-refractivity contribution in [2.24, 2.45) is 0 Å². The molecule has 0 N–H and O–H groups in total. The Hall–Kier alpha value is -5.01. The first-order valence-electron chi connectivity index (χ1n) is 18.1. The minimum Gasteiger partial charge on any atom is -0.207 e. The van der Waals surface area contributed by atoms with Crippen LogP contribution >= 0.6 is 0 Å². The number of hydrogen-bond donors (Lipinski definition) is 0.